The predicted octanol–water partition coefficient (Wildman–Crippen LogP) is 5.70. The van der Waals surface area contributed by atoms with E-state index in [0.717, 1.165) is 39.7 Å². The minimum absolute atomic E-state index is 0.219. The van der Waals surface area contributed by atoms with Gasteiger partial charge in [-0.3, -0.25) is 10.1 Å². The summed E-state index contributed by atoms with van der Waals surface area (Å²) in [6, 6.07) is 16.6. The Morgan fingerprint density at radius 3 is 2.84 bits per heavy atom. The van der Waals surface area contributed by atoms with Crippen molar-refractivity contribution in [3.63, 3.8) is 0 Å². The molecule has 0 aliphatic heterocycles. The van der Waals surface area contributed by atoms with Crippen molar-refractivity contribution < 1.29 is 4.79 Å². The number of H-pyrrole nitrogens is 1. The number of amides is 2. The quantitative estimate of drug-likeness (QED) is 0.380. The molecule has 1 aliphatic carbocycles. The van der Waals surface area contributed by atoms with Crippen molar-refractivity contribution in [3.05, 3.63) is 66.5 Å². The second-order valence-corrected chi connectivity index (χ2v) is 8.07. The van der Waals surface area contributed by atoms with Gasteiger partial charge in [0.05, 0.1) is 29.3 Å². The smallest absolute Gasteiger partial charge is 0.319 e. The van der Waals surface area contributed by atoms with Gasteiger partial charge in [0.15, 0.2) is 0 Å². The van der Waals surface area contributed by atoms with Crippen molar-refractivity contribution in [1.29, 1.82) is 0 Å². The highest BCUT2D eigenvalue weighted by Gasteiger charge is 2.24. The van der Waals surface area contributed by atoms with E-state index in [2.05, 4.69) is 57.2 Å². The van der Waals surface area contributed by atoms with Crippen LogP contribution in [0.1, 0.15) is 37.7 Å². The van der Waals surface area contributed by atoms with Crippen molar-refractivity contribution in [2.45, 2.75) is 32.1 Å². The third kappa shape index (κ3) is 4.14. The predicted molar refractivity (Wildman–Crippen MR) is 124 cm³/mol. The van der Waals surface area contributed by atoms with Crippen LogP contribution in [0.2, 0.25) is 0 Å². The first-order valence-electron chi connectivity index (χ1n) is 10.8. The number of hydrogen-bond donors (Lipinski definition) is 3. The summed E-state index contributed by atoms with van der Waals surface area (Å²) < 4.78 is 0. The van der Waals surface area contributed by atoms with Gasteiger partial charge >= 0.3 is 6.03 Å². The van der Waals surface area contributed by atoms with E-state index >= 15 is 0 Å². The Hall–Kier alpha value is -3.67. The SMILES string of the molecule is CCCNC(=O)Nc1cnc(-c2cccc(C3CC3)c2)c(-c2ccc3[nH]ncc3c2)c1. The summed E-state index contributed by atoms with van der Waals surface area (Å²) in [5.74, 6) is 0.675. The number of pyridine rings is 1. The van der Waals surface area contributed by atoms with Crippen LogP contribution in [0.25, 0.3) is 33.3 Å². The molecule has 0 atom stereocenters. The molecule has 2 aromatic heterocycles. The Kier molecular flexibility index (Phi) is 5.12. The molecule has 0 radical (unpaired) electrons. The van der Waals surface area contributed by atoms with Gasteiger partial charge < -0.3 is 10.6 Å². The molecule has 2 aromatic carbocycles. The van der Waals surface area contributed by atoms with Crippen LogP contribution in [0, 0.1) is 0 Å². The van der Waals surface area contributed by atoms with Crippen LogP contribution in [-0.4, -0.2) is 27.8 Å². The molecule has 0 unspecified atom stereocenters. The van der Waals surface area contributed by atoms with E-state index in [1.807, 2.05) is 25.3 Å². The molecular formula is C25H25N5O. The summed E-state index contributed by atoms with van der Waals surface area (Å²) in [5, 5.41) is 13.9. The van der Waals surface area contributed by atoms with E-state index in [4.69, 9.17) is 4.98 Å². The van der Waals surface area contributed by atoms with Gasteiger partial charge in [-0.2, -0.15) is 5.10 Å². The summed E-state index contributed by atoms with van der Waals surface area (Å²) >= 11 is 0. The number of aromatic nitrogens is 3. The first kappa shape index (κ1) is 19.3. The standard InChI is InChI=1S/C25H25N5O/c1-2-10-26-25(31)29-21-13-22(18-8-9-23-20(12-18)14-28-30-23)24(27-15-21)19-5-3-4-17(11-19)16-6-7-16/h3-5,8-9,11-16H,2,6-7,10H2,1H3,(H,28,30)(H2,26,29,31). The lowest BCUT2D eigenvalue weighted by Gasteiger charge is -2.14. The van der Waals surface area contributed by atoms with E-state index in [9.17, 15) is 4.79 Å². The second-order valence-electron chi connectivity index (χ2n) is 8.07. The zero-order chi connectivity index (χ0) is 21.2. The molecule has 156 valence electrons. The van der Waals surface area contributed by atoms with Crippen molar-refractivity contribution >= 4 is 22.6 Å². The Labute approximate surface area is 181 Å². The number of aromatic amines is 1. The molecule has 2 amide bonds. The summed E-state index contributed by atoms with van der Waals surface area (Å²) in [5.41, 5.74) is 7.03. The number of anilines is 1. The zero-order valence-electron chi connectivity index (χ0n) is 17.5. The largest absolute Gasteiger partial charge is 0.338 e. The molecule has 3 N–H and O–H groups in total. The van der Waals surface area contributed by atoms with Crippen molar-refractivity contribution in [2.24, 2.45) is 0 Å². The number of urea groups is 1. The van der Waals surface area contributed by atoms with Crippen molar-refractivity contribution in [2.75, 3.05) is 11.9 Å². The Balaban J connectivity index is 1.57. The van der Waals surface area contributed by atoms with Gasteiger partial charge in [0.25, 0.3) is 0 Å². The second kappa shape index (κ2) is 8.22. The first-order chi connectivity index (χ1) is 15.2. The minimum atomic E-state index is -0.219. The highest BCUT2D eigenvalue weighted by Crippen LogP contribution is 2.42. The third-order valence-electron chi connectivity index (χ3n) is 5.64. The molecule has 0 spiro atoms. The molecule has 6 nitrogen and oxygen atoms in total. The van der Waals surface area contributed by atoms with Crippen LogP contribution in [0.3, 0.4) is 0 Å². The number of carbonyl (C=O) groups is 1. The summed E-state index contributed by atoms with van der Waals surface area (Å²) in [4.78, 5) is 17.0. The fourth-order valence-electron chi connectivity index (χ4n) is 3.86. The Morgan fingerprint density at radius 1 is 1.10 bits per heavy atom. The number of nitrogens with one attached hydrogen (secondary N) is 3. The van der Waals surface area contributed by atoms with Gasteiger partial charge in [-0.05, 0) is 60.6 Å². The lowest BCUT2D eigenvalue weighted by molar-refractivity contribution is 0.252. The van der Waals surface area contributed by atoms with Crippen LogP contribution in [-0.2, 0) is 0 Å². The average molecular weight is 412 g/mol. The minimum Gasteiger partial charge on any atom is -0.338 e. The molecule has 2 heterocycles. The van der Waals surface area contributed by atoms with E-state index < -0.39 is 0 Å². The first-order valence-corrected chi connectivity index (χ1v) is 10.8. The Morgan fingerprint density at radius 2 is 2.00 bits per heavy atom. The number of carbonyl (C=O) groups excluding carboxylic acids is 1. The molecule has 31 heavy (non-hydrogen) atoms. The van der Waals surface area contributed by atoms with Gasteiger partial charge in [-0.25, -0.2) is 4.79 Å². The summed E-state index contributed by atoms with van der Waals surface area (Å²) in [7, 11) is 0. The van der Waals surface area contributed by atoms with E-state index in [1.165, 1.54) is 18.4 Å². The number of benzene rings is 2. The molecule has 5 rings (SSSR count). The molecular weight excluding hydrogens is 386 g/mol. The van der Waals surface area contributed by atoms with Crippen LogP contribution >= 0.6 is 0 Å². The highest BCUT2D eigenvalue weighted by molar-refractivity contribution is 5.93. The molecule has 4 aromatic rings. The molecule has 0 saturated heterocycles. The monoisotopic (exact) mass is 411 g/mol. The molecule has 1 fully saturated rings. The zero-order valence-corrected chi connectivity index (χ0v) is 17.5. The number of fused-ring (bicyclic) bond motifs is 1. The van der Waals surface area contributed by atoms with E-state index in [1.54, 1.807) is 6.20 Å². The normalized spacial score (nSPS) is 13.3. The number of nitrogens with zero attached hydrogens (tertiary/aromatic N) is 2. The van der Waals surface area contributed by atoms with Gasteiger partial charge in [-0.15, -0.1) is 0 Å². The Bertz CT molecular complexity index is 1240. The summed E-state index contributed by atoms with van der Waals surface area (Å²) in [6.45, 7) is 2.66. The van der Waals surface area contributed by atoms with E-state index in [0.29, 0.717) is 18.2 Å². The molecule has 1 saturated carbocycles. The maximum atomic E-state index is 12.2. The maximum Gasteiger partial charge on any atom is 0.319 e. The van der Waals surface area contributed by atoms with Crippen molar-refractivity contribution in [1.82, 2.24) is 20.5 Å². The highest BCUT2D eigenvalue weighted by atomic mass is 16.2. The van der Waals surface area contributed by atoms with Gasteiger partial charge in [0.1, 0.15) is 0 Å². The van der Waals surface area contributed by atoms with Gasteiger partial charge in [0.2, 0.25) is 0 Å². The lowest BCUT2D eigenvalue weighted by atomic mass is 9.96. The van der Waals surface area contributed by atoms with Crippen LogP contribution in [0.4, 0.5) is 10.5 Å². The molecule has 6 heteroatoms. The average Bonchev–Trinajstić information content (AvgIpc) is 3.55. The topological polar surface area (TPSA) is 82.7 Å². The van der Waals surface area contributed by atoms with Gasteiger partial charge in [-0.1, -0.05) is 31.2 Å². The van der Waals surface area contributed by atoms with E-state index in [-0.39, 0.29) is 6.03 Å². The van der Waals surface area contributed by atoms with Crippen LogP contribution in [0.15, 0.2) is 60.9 Å². The summed E-state index contributed by atoms with van der Waals surface area (Å²) in [6.07, 6.45) is 6.95. The van der Waals surface area contributed by atoms with Crippen LogP contribution < -0.4 is 10.6 Å². The number of hydrogen-bond acceptors (Lipinski definition) is 3. The number of rotatable bonds is 6. The fourth-order valence-corrected chi connectivity index (χ4v) is 3.86. The molecule has 1 aliphatic rings. The van der Waals surface area contributed by atoms with Gasteiger partial charge in [0, 0.05) is 23.1 Å². The van der Waals surface area contributed by atoms with Crippen molar-refractivity contribution in [3.8, 4) is 22.4 Å². The molecule has 0 bridgehead atoms. The fraction of sp³-hybridized carbons (Fsp3) is 0.240. The van der Waals surface area contributed by atoms with Crippen LogP contribution in [0.5, 0.6) is 0 Å². The lowest BCUT2D eigenvalue weighted by Crippen LogP contribution is -2.29. The third-order valence-corrected chi connectivity index (χ3v) is 5.64. The maximum absolute atomic E-state index is 12.2.